The summed E-state index contributed by atoms with van der Waals surface area (Å²) in [5.74, 6) is 0.278. The van der Waals surface area contributed by atoms with Crippen LogP contribution in [0.1, 0.15) is 36.2 Å². The number of carbonyl (C=O) groups excluding carboxylic acids is 1. The lowest BCUT2D eigenvalue weighted by Crippen LogP contribution is -3.00. The van der Waals surface area contributed by atoms with E-state index < -0.39 is 0 Å². The molecule has 0 aromatic heterocycles. The monoisotopic (exact) mass is 367 g/mol. The highest BCUT2D eigenvalue weighted by Gasteiger charge is 2.22. The quantitative estimate of drug-likeness (QED) is 0.687. The van der Waals surface area contributed by atoms with Crippen LogP contribution in [0.3, 0.4) is 0 Å². The van der Waals surface area contributed by atoms with Crippen LogP contribution in [0.4, 0.5) is 0 Å². The smallest absolute Gasteiger partial charge is 0.168 e. The predicted octanol–water partition coefficient (Wildman–Crippen LogP) is 0.207. The van der Waals surface area contributed by atoms with Gasteiger partial charge in [-0.3, -0.25) is 4.79 Å². The number of hydrogen-bond acceptors (Lipinski definition) is 2. The molecule has 5 heteroatoms. The zero-order valence-electron chi connectivity index (χ0n) is 13.9. The molecule has 0 bridgehead atoms. The third-order valence-electron chi connectivity index (χ3n) is 3.83. The van der Waals surface area contributed by atoms with Gasteiger partial charge in [0.25, 0.3) is 0 Å². The minimum atomic E-state index is 0. The van der Waals surface area contributed by atoms with E-state index in [9.17, 15) is 9.90 Å². The van der Waals surface area contributed by atoms with Crippen molar-refractivity contribution < 1.29 is 27.6 Å². The van der Waals surface area contributed by atoms with Crippen molar-refractivity contribution in [2.24, 2.45) is 0 Å². The topological polar surface area (TPSA) is 53.9 Å². The summed E-state index contributed by atoms with van der Waals surface area (Å²) in [6, 6.07) is 14.3. The normalized spacial score (nSPS) is 11.0. The lowest BCUT2D eigenvalue weighted by atomic mass is 9.94. The first-order chi connectivity index (χ1) is 10.9. The zero-order chi connectivity index (χ0) is 16.9. The largest absolute Gasteiger partial charge is 1.00 e. The highest BCUT2D eigenvalue weighted by Crippen LogP contribution is 2.14. The van der Waals surface area contributed by atoms with Gasteiger partial charge in [0.1, 0.15) is 5.75 Å². The van der Waals surface area contributed by atoms with Crippen molar-refractivity contribution in [1.29, 1.82) is 0 Å². The van der Waals surface area contributed by atoms with Gasteiger partial charge >= 0.3 is 0 Å². The lowest BCUT2D eigenvalue weighted by molar-refractivity contribution is -0.719. The third-order valence-corrected chi connectivity index (χ3v) is 4.08. The number of carbonyl (C=O) groups is 1. The van der Waals surface area contributed by atoms with Gasteiger partial charge < -0.3 is 22.8 Å². The molecule has 3 nitrogen and oxygen atoms in total. The number of quaternary nitrogens is 1. The summed E-state index contributed by atoms with van der Waals surface area (Å²) in [6.45, 7) is 5.08. The number of nitrogens with two attached hydrogens (primary N) is 1. The maximum Gasteiger partial charge on any atom is 0.168 e. The van der Waals surface area contributed by atoms with Crippen LogP contribution in [0.15, 0.2) is 48.5 Å². The Morgan fingerprint density at radius 3 is 2.25 bits per heavy atom. The van der Waals surface area contributed by atoms with Crippen LogP contribution in [-0.2, 0) is 6.42 Å². The zero-order valence-corrected chi connectivity index (χ0v) is 15.4. The third kappa shape index (κ3) is 6.52. The molecule has 0 aliphatic heterocycles. The van der Waals surface area contributed by atoms with E-state index in [4.69, 9.17) is 11.6 Å². The highest BCUT2D eigenvalue weighted by atomic mass is 35.5. The number of Topliss-reactive ketones (excluding diaryl/α,β-unsaturated/α-hetero) is 1. The Balaban J connectivity index is 0.00000288. The molecule has 0 fully saturated rings. The molecule has 0 saturated heterocycles. The van der Waals surface area contributed by atoms with Gasteiger partial charge in [0, 0.05) is 17.0 Å². The summed E-state index contributed by atoms with van der Waals surface area (Å²) in [5, 5.41) is 12.2. The summed E-state index contributed by atoms with van der Waals surface area (Å²) >= 11 is 5.91. The van der Waals surface area contributed by atoms with Crippen LogP contribution < -0.4 is 17.7 Å². The van der Waals surface area contributed by atoms with E-state index in [0.29, 0.717) is 12.0 Å². The van der Waals surface area contributed by atoms with Crippen LogP contribution in [0.5, 0.6) is 5.75 Å². The number of phenols is 1. The Morgan fingerprint density at radius 1 is 1.08 bits per heavy atom. The van der Waals surface area contributed by atoms with E-state index in [-0.39, 0.29) is 29.5 Å². The van der Waals surface area contributed by atoms with E-state index in [0.717, 1.165) is 18.0 Å². The second kappa shape index (κ2) is 9.07. The predicted molar refractivity (Wildman–Crippen MR) is 93.1 cm³/mol. The molecule has 0 aliphatic rings. The Hall–Kier alpha value is -1.55. The number of phenolic OH excluding ortho intramolecular Hbond substituents is 1. The Bertz CT molecular complexity index is 652. The molecule has 0 radical (unpaired) electrons. The summed E-state index contributed by atoms with van der Waals surface area (Å²) in [5.41, 5.74) is 1.90. The van der Waals surface area contributed by atoms with Gasteiger partial charge in [-0.05, 0) is 55.8 Å². The minimum Gasteiger partial charge on any atom is -1.00 e. The lowest BCUT2D eigenvalue weighted by Gasteiger charge is -2.23. The van der Waals surface area contributed by atoms with E-state index >= 15 is 0 Å². The van der Waals surface area contributed by atoms with E-state index in [1.165, 1.54) is 5.56 Å². The molecule has 130 valence electrons. The number of hydrogen-bond donors (Lipinski definition) is 2. The van der Waals surface area contributed by atoms with Gasteiger partial charge in [0.15, 0.2) is 5.78 Å². The second-order valence-corrected chi connectivity index (χ2v) is 6.94. The standard InChI is InChI=1S/C19H22ClNO2.ClH/c1-19(2,13-14-3-7-16(20)8-4-14)21-12-11-18(23)15-5-9-17(22)10-6-15;/h3-10,21-22H,11-13H2,1-2H3;1H. The van der Waals surface area contributed by atoms with E-state index in [1.807, 2.05) is 24.3 Å². The number of ketones is 1. The van der Waals surface area contributed by atoms with Crippen LogP contribution >= 0.6 is 11.6 Å². The summed E-state index contributed by atoms with van der Waals surface area (Å²) in [6.07, 6.45) is 1.40. The van der Waals surface area contributed by atoms with Gasteiger partial charge in [0.2, 0.25) is 0 Å². The number of aromatic hydroxyl groups is 1. The summed E-state index contributed by atoms with van der Waals surface area (Å²) in [7, 11) is 0. The molecule has 2 aromatic rings. The minimum absolute atomic E-state index is 0. The Labute approximate surface area is 154 Å². The van der Waals surface area contributed by atoms with Gasteiger partial charge in [-0.15, -0.1) is 0 Å². The van der Waals surface area contributed by atoms with Gasteiger partial charge in [-0.1, -0.05) is 23.7 Å². The highest BCUT2D eigenvalue weighted by molar-refractivity contribution is 6.30. The van der Waals surface area contributed by atoms with Crippen LogP contribution in [0.2, 0.25) is 5.02 Å². The molecular weight excluding hydrogens is 345 g/mol. The maximum absolute atomic E-state index is 12.1. The van der Waals surface area contributed by atoms with Gasteiger partial charge in [0.05, 0.1) is 18.5 Å². The first kappa shape index (κ1) is 20.5. The molecule has 2 rings (SSSR count). The van der Waals surface area contributed by atoms with Crippen LogP contribution in [0.25, 0.3) is 0 Å². The average Bonchev–Trinajstić information content (AvgIpc) is 2.50. The molecular formula is C19H23Cl2NO2. The van der Waals surface area contributed by atoms with Crippen molar-refractivity contribution in [3.63, 3.8) is 0 Å². The molecule has 0 heterocycles. The Kier molecular flexibility index (Phi) is 7.74. The first-order valence-electron chi connectivity index (χ1n) is 7.77. The molecule has 2 aromatic carbocycles. The number of benzene rings is 2. The van der Waals surface area contributed by atoms with Crippen molar-refractivity contribution in [2.75, 3.05) is 6.54 Å². The van der Waals surface area contributed by atoms with Crippen molar-refractivity contribution in [3.8, 4) is 5.75 Å². The van der Waals surface area contributed by atoms with Crippen molar-refractivity contribution in [1.82, 2.24) is 0 Å². The fourth-order valence-electron chi connectivity index (χ4n) is 2.59. The molecule has 0 amide bonds. The second-order valence-electron chi connectivity index (χ2n) is 6.50. The molecule has 24 heavy (non-hydrogen) atoms. The van der Waals surface area contributed by atoms with Crippen molar-refractivity contribution >= 4 is 17.4 Å². The molecule has 0 unspecified atom stereocenters. The van der Waals surface area contributed by atoms with Crippen molar-refractivity contribution in [2.45, 2.75) is 32.2 Å². The summed E-state index contributed by atoms with van der Waals surface area (Å²) in [4.78, 5) is 12.1. The summed E-state index contributed by atoms with van der Waals surface area (Å²) < 4.78 is 0. The molecule has 3 N–H and O–H groups in total. The molecule has 0 aliphatic carbocycles. The van der Waals surface area contributed by atoms with Crippen molar-refractivity contribution in [3.05, 3.63) is 64.7 Å². The van der Waals surface area contributed by atoms with E-state index in [1.54, 1.807) is 24.3 Å². The average molecular weight is 368 g/mol. The fourth-order valence-corrected chi connectivity index (χ4v) is 2.71. The van der Waals surface area contributed by atoms with Gasteiger partial charge in [-0.25, -0.2) is 0 Å². The maximum atomic E-state index is 12.1. The fraction of sp³-hybridized carbons (Fsp3) is 0.316. The molecule has 0 saturated carbocycles. The van der Waals surface area contributed by atoms with Crippen LogP contribution in [-0.4, -0.2) is 23.0 Å². The Morgan fingerprint density at radius 2 is 1.67 bits per heavy atom. The van der Waals surface area contributed by atoms with Crippen LogP contribution in [0, 0.1) is 0 Å². The first-order valence-corrected chi connectivity index (χ1v) is 8.14. The molecule has 0 atom stereocenters. The SMILES string of the molecule is CC(C)(Cc1ccc(Cl)cc1)[NH2+]CCC(=O)c1ccc(O)cc1.[Cl-]. The number of rotatable bonds is 7. The number of halogens is 2. The van der Waals surface area contributed by atoms with E-state index in [2.05, 4.69) is 19.2 Å². The molecule has 0 spiro atoms. The van der Waals surface area contributed by atoms with Gasteiger partial charge in [-0.2, -0.15) is 0 Å².